The molecular weight excluding hydrogens is 238 g/mol. The number of carbonyl (C=O) groups is 2. The Labute approximate surface area is 106 Å². The summed E-state index contributed by atoms with van der Waals surface area (Å²) in [6, 6.07) is -1.31. The fourth-order valence-electron chi connectivity index (χ4n) is 1.74. The van der Waals surface area contributed by atoms with Gasteiger partial charge in [0.05, 0.1) is 6.10 Å². The Bertz CT molecular complexity index is 292. The zero-order valence-corrected chi connectivity index (χ0v) is 10.3. The molecule has 6 N–H and O–H groups in total. The van der Waals surface area contributed by atoms with Gasteiger partial charge in [-0.3, -0.25) is 0 Å². The molecule has 1 unspecified atom stereocenters. The average molecular weight is 259 g/mol. The zero-order valence-electron chi connectivity index (χ0n) is 10.3. The second-order valence-electron chi connectivity index (χ2n) is 4.46. The molecule has 0 aromatic heterocycles. The normalized spacial score (nSPS) is 22.5. The first kappa shape index (κ1) is 15.0. The third-order valence-corrected chi connectivity index (χ3v) is 2.93. The molecule has 7 nitrogen and oxygen atoms in total. The summed E-state index contributed by atoms with van der Waals surface area (Å²) in [5.41, 5.74) is 10.8. The third kappa shape index (κ3) is 4.69. The minimum Gasteiger partial charge on any atom is -0.392 e. The highest BCUT2D eigenvalue weighted by Gasteiger charge is 2.27. The minimum atomic E-state index is -0.906. The van der Waals surface area contributed by atoms with E-state index < -0.39 is 30.1 Å². The zero-order chi connectivity index (χ0) is 13.5. The Morgan fingerprint density at radius 1 is 1.44 bits per heavy atom. The van der Waals surface area contributed by atoms with Gasteiger partial charge in [-0.25, -0.2) is 9.59 Å². The second-order valence-corrected chi connectivity index (χ2v) is 4.46. The van der Waals surface area contributed by atoms with Gasteiger partial charge in [0.25, 0.3) is 0 Å². The van der Waals surface area contributed by atoms with Gasteiger partial charge < -0.3 is 26.6 Å². The van der Waals surface area contributed by atoms with E-state index in [1.165, 1.54) is 0 Å². The second kappa shape index (κ2) is 7.42. The van der Waals surface area contributed by atoms with E-state index in [1.807, 2.05) is 0 Å². The Morgan fingerprint density at radius 2 is 2.17 bits per heavy atom. The molecule has 18 heavy (non-hydrogen) atoms. The maximum absolute atomic E-state index is 11.5. The Kier molecular flexibility index (Phi) is 6.20. The fourth-order valence-corrected chi connectivity index (χ4v) is 1.74. The minimum absolute atomic E-state index is 0.118. The summed E-state index contributed by atoms with van der Waals surface area (Å²) in [5.74, 6) is -1.33. The van der Waals surface area contributed by atoms with Crippen LogP contribution in [0, 0.1) is 0 Å². The molecule has 1 rings (SSSR count). The number of nitrogens with two attached hydrogens (primary N) is 2. The van der Waals surface area contributed by atoms with E-state index in [4.69, 9.17) is 11.5 Å². The fraction of sp³-hybridized carbons (Fsp3) is 0.818. The summed E-state index contributed by atoms with van der Waals surface area (Å²) < 4.78 is 4.68. The van der Waals surface area contributed by atoms with Gasteiger partial charge in [-0.2, -0.15) is 0 Å². The van der Waals surface area contributed by atoms with E-state index in [-0.39, 0.29) is 13.0 Å². The van der Waals surface area contributed by atoms with Crippen molar-refractivity contribution in [3.05, 3.63) is 0 Å². The lowest BCUT2D eigenvalue weighted by Crippen LogP contribution is -2.40. The number of hydrogen-bond acceptors (Lipinski definition) is 7. The van der Waals surface area contributed by atoms with Crippen LogP contribution in [0.2, 0.25) is 0 Å². The van der Waals surface area contributed by atoms with Crippen molar-refractivity contribution in [3.63, 3.8) is 0 Å². The first-order valence-corrected chi connectivity index (χ1v) is 6.17. The molecule has 7 heteroatoms. The Morgan fingerprint density at radius 3 is 2.72 bits per heavy atom. The van der Waals surface area contributed by atoms with Crippen molar-refractivity contribution in [1.29, 1.82) is 0 Å². The van der Waals surface area contributed by atoms with Crippen molar-refractivity contribution in [3.8, 4) is 0 Å². The third-order valence-electron chi connectivity index (χ3n) is 2.93. The number of carbonyl (C=O) groups excluding carboxylic acids is 2. The Balaban J connectivity index is 2.28. The lowest BCUT2D eigenvalue weighted by atomic mass is 10.1. The standard InChI is InChI=1S/C11H21N3O4/c12-6-7(15)3-4-8(13)10(16)18-11(17)9-2-1-5-14-9/h7-9,14-15H,1-6,12-13H2/t7?,8-,9-/m0/s1. The molecule has 0 amide bonds. The van der Waals surface area contributed by atoms with E-state index >= 15 is 0 Å². The predicted octanol–water partition coefficient (Wildman–Crippen LogP) is -1.76. The summed E-state index contributed by atoms with van der Waals surface area (Å²) in [7, 11) is 0. The van der Waals surface area contributed by atoms with Crippen LogP contribution in [0.25, 0.3) is 0 Å². The first-order chi connectivity index (χ1) is 8.54. The highest BCUT2D eigenvalue weighted by atomic mass is 16.6. The van der Waals surface area contributed by atoms with Crippen molar-refractivity contribution in [1.82, 2.24) is 5.32 Å². The quantitative estimate of drug-likeness (QED) is 0.328. The van der Waals surface area contributed by atoms with Crippen LogP contribution in [0.4, 0.5) is 0 Å². The van der Waals surface area contributed by atoms with Gasteiger partial charge in [-0.1, -0.05) is 0 Å². The van der Waals surface area contributed by atoms with Gasteiger partial charge in [0.15, 0.2) is 0 Å². The van der Waals surface area contributed by atoms with Gasteiger partial charge in [0.2, 0.25) is 0 Å². The molecule has 1 aliphatic heterocycles. The molecule has 0 aromatic rings. The number of esters is 2. The van der Waals surface area contributed by atoms with E-state index in [0.717, 1.165) is 13.0 Å². The van der Waals surface area contributed by atoms with Crippen molar-refractivity contribution >= 4 is 11.9 Å². The van der Waals surface area contributed by atoms with E-state index in [0.29, 0.717) is 12.8 Å². The van der Waals surface area contributed by atoms with Crippen LogP contribution in [-0.4, -0.2) is 48.3 Å². The van der Waals surface area contributed by atoms with Crippen LogP contribution in [0.15, 0.2) is 0 Å². The summed E-state index contributed by atoms with van der Waals surface area (Å²) >= 11 is 0. The molecule has 0 saturated carbocycles. The summed E-state index contributed by atoms with van der Waals surface area (Å²) in [5, 5.41) is 12.2. The maximum Gasteiger partial charge on any atom is 0.330 e. The molecule has 1 saturated heterocycles. The first-order valence-electron chi connectivity index (χ1n) is 6.17. The van der Waals surface area contributed by atoms with Crippen molar-refractivity contribution in [2.24, 2.45) is 11.5 Å². The maximum atomic E-state index is 11.5. The molecule has 1 fully saturated rings. The summed E-state index contributed by atoms with van der Waals surface area (Å²) in [6.45, 7) is 0.870. The number of nitrogens with one attached hydrogen (secondary N) is 1. The Hall–Kier alpha value is -1.02. The predicted molar refractivity (Wildman–Crippen MR) is 64.4 cm³/mol. The highest BCUT2D eigenvalue weighted by molar-refractivity contribution is 5.90. The molecule has 3 atom stereocenters. The number of ether oxygens (including phenoxy) is 1. The van der Waals surface area contributed by atoms with Crippen molar-refractivity contribution < 1.29 is 19.4 Å². The number of aliphatic hydroxyl groups is 1. The molecular formula is C11H21N3O4. The lowest BCUT2D eigenvalue weighted by molar-refractivity contribution is -0.162. The molecule has 104 valence electrons. The van der Waals surface area contributed by atoms with Crippen LogP contribution in [0.3, 0.4) is 0 Å². The monoisotopic (exact) mass is 259 g/mol. The van der Waals surface area contributed by atoms with Crippen LogP contribution in [0.1, 0.15) is 25.7 Å². The van der Waals surface area contributed by atoms with Crippen LogP contribution in [-0.2, 0) is 14.3 Å². The van der Waals surface area contributed by atoms with E-state index in [9.17, 15) is 14.7 Å². The smallest absolute Gasteiger partial charge is 0.330 e. The summed E-state index contributed by atoms with van der Waals surface area (Å²) in [4.78, 5) is 23.0. The van der Waals surface area contributed by atoms with Crippen LogP contribution in [0.5, 0.6) is 0 Å². The van der Waals surface area contributed by atoms with Crippen LogP contribution >= 0.6 is 0 Å². The molecule has 1 aliphatic rings. The molecule has 0 bridgehead atoms. The topological polar surface area (TPSA) is 128 Å². The highest BCUT2D eigenvalue weighted by Crippen LogP contribution is 2.08. The number of aliphatic hydroxyl groups excluding tert-OH is 1. The van der Waals surface area contributed by atoms with Gasteiger partial charge in [-0.05, 0) is 32.2 Å². The molecule has 1 heterocycles. The van der Waals surface area contributed by atoms with Gasteiger partial charge >= 0.3 is 11.9 Å². The molecule has 0 aliphatic carbocycles. The number of hydrogen-bond donors (Lipinski definition) is 4. The summed E-state index contributed by atoms with van der Waals surface area (Å²) in [6.07, 6.45) is 1.43. The molecule has 0 aromatic carbocycles. The van der Waals surface area contributed by atoms with Crippen LogP contribution < -0.4 is 16.8 Å². The van der Waals surface area contributed by atoms with E-state index in [1.54, 1.807) is 0 Å². The van der Waals surface area contributed by atoms with Gasteiger partial charge in [-0.15, -0.1) is 0 Å². The SMILES string of the molecule is NCC(O)CC[C@H](N)C(=O)OC(=O)[C@@H]1CCCN1. The van der Waals surface area contributed by atoms with Gasteiger partial charge in [0, 0.05) is 6.54 Å². The van der Waals surface area contributed by atoms with E-state index in [2.05, 4.69) is 10.1 Å². The molecule has 0 radical (unpaired) electrons. The largest absolute Gasteiger partial charge is 0.392 e. The number of rotatable bonds is 6. The van der Waals surface area contributed by atoms with Crippen molar-refractivity contribution in [2.45, 2.75) is 43.9 Å². The lowest BCUT2D eigenvalue weighted by Gasteiger charge is -2.14. The van der Waals surface area contributed by atoms with Gasteiger partial charge in [0.1, 0.15) is 12.1 Å². The molecule has 0 spiro atoms. The van der Waals surface area contributed by atoms with Crippen molar-refractivity contribution in [2.75, 3.05) is 13.1 Å². The average Bonchev–Trinajstić information content (AvgIpc) is 2.89.